The maximum Gasteiger partial charge on any atom is 0.338 e. The van der Waals surface area contributed by atoms with Crippen molar-refractivity contribution in [3.05, 3.63) is 48.0 Å². The minimum absolute atomic E-state index is 0.0688. The normalized spacial score (nSPS) is 22.9. The molecule has 1 heterocycles. The Hall–Kier alpha value is -2.43. The van der Waals surface area contributed by atoms with Crippen LogP contribution >= 0.6 is 0 Å². The van der Waals surface area contributed by atoms with Gasteiger partial charge in [-0.3, -0.25) is 9.59 Å². The van der Waals surface area contributed by atoms with Gasteiger partial charge in [-0.1, -0.05) is 44.0 Å². The topological polar surface area (TPSA) is 69.7 Å². The fourth-order valence-corrected chi connectivity index (χ4v) is 3.30. The van der Waals surface area contributed by atoms with Gasteiger partial charge in [0, 0.05) is 25.2 Å². The van der Waals surface area contributed by atoms with Crippen LogP contribution < -0.4 is 0 Å². The minimum atomic E-state index is -0.449. The lowest BCUT2D eigenvalue weighted by Crippen LogP contribution is -2.34. The second-order valence-corrected chi connectivity index (χ2v) is 7.33. The summed E-state index contributed by atoms with van der Waals surface area (Å²) in [6.45, 7) is 3.89. The van der Waals surface area contributed by atoms with Crippen molar-refractivity contribution in [2.24, 2.45) is 5.92 Å². The molecule has 28 heavy (non-hydrogen) atoms. The second-order valence-electron chi connectivity index (χ2n) is 7.33. The van der Waals surface area contributed by atoms with Gasteiger partial charge in [-0.2, -0.15) is 0 Å². The van der Waals surface area contributed by atoms with Crippen molar-refractivity contribution in [1.82, 2.24) is 0 Å². The van der Waals surface area contributed by atoms with E-state index in [1.807, 2.05) is 12.1 Å². The highest BCUT2D eigenvalue weighted by Crippen LogP contribution is 2.26. The van der Waals surface area contributed by atoms with Crippen LogP contribution in [0.4, 0.5) is 0 Å². The van der Waals surface area contributed by atoms with E-state index >= 15 is 0 Å². The number of hydrogen-bond acceptors (Lipinski definition) is 5. The predicted octanol–water partition coefficient (Wildman–Crippen LogP) is 4.65. The molecule has 0 unspecified atom stereocenters. The van der Waals surface area contributed by atoms with E-state index in [0.717, 1.165) is 19.3 Å². The zero-order chi connectivity index (χ0) is 20.4. The molecule has 0 spiro atoms. The van der Waals surface area contributed by atoms with Crippen LogP contribution in [0, 0.1) is 5.92 Å². The molecular weight excluding hydrogens is 356 g/mol. The Morgan fingerprint density at radius 1 is 1.21 bits per heavy atom. The van der Waals surface area contributed by atoms with E-state index in [1.165, 1.54) is 0 Å². The molecule has 1 aliphatic heterocycles. The Morgan fingerprint density at radius 3 is 2.68 bits per heavy atom. The van der Waals surface area contributed by atoms with Gasteiger partial charge in [0.2, 0.25) is 0 Å². The molecule has 3 atom stereocenters. The average Bonchev–Trinajstić information content (AvgIpc) is 2.67. The summed E-state index contributed by atoms with van der Waals surface area (Å²) in [6, 6.07) is 8.81. The summed E-state index contributed by atoms with van der Waals surface area (Å²) in [7, 11) is 0. The second kappa shape index (κ2) is 11.4. The molecule has 1 aliphatic rings. The highest BCUT2D eigenvalue weighted by Gasteiger charge is 2.30. The van der Waals surface area contributed by atoms with Gasteiger partial charge >= 0.3 is 11.9 Å². The Labute approximate surface area is 167 Å². The van der Waals surface area contributed by atoms with Gasteiger partial charge in [0.25, 0.3) is 0 Å². The molecular formula is C23H30O5. The maximum absolute atomic E-state index is 12.5. The molecule has 0 N–H and O–H groups in total. The van der Waals surface area contributed by atoms with Crippen LogP contribution in [0.1, 0.15) is 69.2 Å². The van der Waals surface area contributed by atoms with Gasteiger partial charge in [-0.05, 0) is 38.0 Å². The van der Waals surface area contributed by atoms with Gasteiger partial charge in [-0.25, -0.2) is 4.79 Å². The van der Waals surface area contributed by atoms with Crippen molar-refractivity contribution >= 4 is 17.7 Å². The highest BCUT2D eigenvalue weighted by atomic mass is 16.6. The lowest BCUT2D eigenvalue weighted by molar-refractivity contribution is -0.152. The first kappa shape index (κ1) is 21.9. The number of esters is 2. The Balaban J connectivity index is 2.09. The summed E-state index contributed by atoms with van der Waals surface area (Å²) in [5.74, 6) is -0.789. The molecule has 5 heteroatoms. The molecule has 1 aromatic rings. The number of hydrogen-bond donors (Lipinski definition) is 0. The molecule has 2 rings (SSSR count). The number of ether oxygens (including phenoxy) is 2. The zero-order valence-corrected chi connectivity index (χ0v) is 16.8. The van der Waals surface area contributed by atoms with Gasteiger partial charge in [0.1, 0.15) is 12.2 Å². The smallest absolute Gasteiger partial charge is 0.338 e. The van der Waals surface area contributed by atoms with E-state index < -0.39 is 12.1 Å². The highest BCUT2D eigenvalue weighted by molar-refractivity contribution is 5.90. The van der Waals surface area contributed by atoms with E-state index in [1.54, 1.807) is 37.3 Å². The van der Waals surface area contributed by atoms with E-state index in [0.29, 0.717) is 24.8 Å². The largest absolute Gasteiger partial charge is 0.463 e. The SMILES string of the molecule is CCCCCC(=O)/C=C/[C@@H]1CCC(=O)O[C@H](C)C[C@H]1OC(=O)c1ccccc1. The van der Waals surface area contributed by atoms with Gasteiger partial charge in [0.05, 0.1) is 5.56 Å². The summed E-state index contributed by atoms with van der Waals surface area (Å²) >= 11 is 0. The molecule has 152 valence electrons. The van der Waals surface area contributed by atoms with Crippen LogP contribution in [0.2, 0.25) is 0 Å². The van der Waals surface area contributed by atoms with E-state index in [2.05, 4.69) is 6.92 Å². The first-order chi connectivity index (χ1) is 13.5. The fraction of sp³-hybridized carbons (Fsp3) is 0.522. The summed E-state index contributed by atoms with van der Waals surface area (Å²) < 4.78 is 11.1. The molecule has 0 aliphatic carbocycles. The third kappa shape index (κ3) is 7.29. The number of ketones is 1. The van der Waals surface area contributed by atoms with Crippen molar-refractivity contribution < 1.29 is 23.9 Å². The molecule has 1 fully saturated rings. The lowest BCUT2D eigenvalue weighted by atomic mass is 9.90. The summed E-state index contributed by atoms with van der Waals surface area (Å²) in [5.41, 5.74) is 0.479. The minimum Gasteiger partial charge on any atom is -0.463 e. The molecule has 5 nitrogen and oxygen atoms in total. The molecule has 0 radical (unpaired) electrons. The van der Waals surface area contributed by atoms with Crippen LogP contribution in [-0.2, 0) is 19.1 Å². The molecule has 1 aromatic carbocycles. The summed E-state index contributed by atoms with van der Waals surface area (Å²) in [5, 5.41) is 0. The predicted molar refractivity (Wildman–Crippen MR) is 107 cm³/mol. The Kier molecular flexibility index (Phi) is 8.92. The van der Waals surface area contributed by atoms with Crippen LogP contribution in [0.15, 0.2) is 42.5 Å². The number of allylic oxidation sites excluding steroid dienone is 1. The zero-order valence-electron chi connectivity index (χ0n) is 16.8. The quantitative estimate of drug-likeness (QED) is 0.369. The third-order valence-corrected chi connectivity index (χ3v) is 4.88. The van der Waals surface area contributed by atoms with Gasteiger partial charge in [-0.15, -0.1) is 0 Å². The number of unbranched alkanes of at least 4 members (excludes halogenated alkanes) is 2. The first-order valence-corrected chi connectivity index (χ1v) is 10.2. The van der Waals surface area contributed by atoms with Crippen molar-refractivity contribution in [3.8, 4) is 0 Å². The molecule has 0 aromatic heterocycles. The lowest BCUT2D eigenvalue weighted by Gasteiger charge is -2.29. The first-order valence-electron chi connectivity index (χ1n) is 10.2. The van der Waals surface area contributed by atoms with Crippen molar-refractivity contribution in [1.29, 1.82) is 0 Å². The van der Waals surface area contributed by atoms with Gasteiger partial charge < -0.3 is 9.47 Å². The van der Waals surface area contributed by atoms with Crippen LogP contribution in [0.5, 0.6) is 0 Å². The Bertz CT molecular complexity index is 679. The molecule has 1 saturated heterocycles. The standard InChI is InChI=1S/C23H30O5/c1-3-4-6-11-20(24)14-12-18-13-15-22(25)27-17(2)16-21(18)28-23(26)19-9-7-5-8-10-19/h5,7-10,12,14,17-18,21H,3-4,6,11,13,15-16H2,1-2H3/b14-12+/t17-,18-,21-/m1/s1. The third-order valence-electron chi connectivity index (χ3n) is 4.88. The number of benzene rings is 1. The number of carbonyl (C=O) groups excluding carboxylic acids is 3. The maximum atomic E-state index is 12.5. The van der Waals surface area contributed by atoms with Crippen LogP contribution in [-0.4, -0.2) is 29.9 Å². The molecule has 0 saturated carbocycles. The average molecular weight is 386 g/mol. The van der Waals surface area contributed by atoms with Crippen molar-refractivity contribution in [2.45, 2.75) is 71.0 Å². The van der Waals surface area contributed by atoms with Gasteiger partial charge in [0.15, 0.2) is 5.78 Å². The number of rotatable bonds is 8. The van der Waals surface area contributed by atoms with Crippen molar-refractivity contribution in [3.63, 3.8) is 0 Å². The Morgan fingerprint density at radius 2 is 1.96 bits per heavy atom. The van der Waals surface area contributed by atoms with E-state index in [4.69, 9.17) is 9.47 Å². The number of cyclic esters (lactones) is 1. The monoisotopic (exact) mass is 386 g/mol. The van der Waals surface area contributed by atoms with E-state index in [-0.39, 0.29) is 30.2 Å². The van der Waals surface area contributed by atoms with Crippen LogP contribution in [0.25, 0.3) is 0 Å². The summed E-state index contributed by atoms with van der Waals surface area (Å²) in [6.07, 6.45) is 7.21. The van der Waals surface area contributed by atoms with E-state index in [9.17, 15) is 14.4 Å². The fourth-order valence-electron chi connectivity index (χ4n) is 3.30. The molecule has 0 bridgehead atoms. The summed E-state index contributed by atoms with van der Waals surface area (Å²) in [4.78, 5) is 36.5. The molecule has 0 amide bonds. The van der Waals surface area contributed by atoms with Crippen molar-refractivity contribution in [2.75, 3.05) is 0 Å². The van der Waals surface area contributed by atoms with Crippen LogP contribution in [0.3, 0.4) is 0 Å². The number of carbonyl (C=O) groups is 3.